The lowest BCUT2D eigenvalue weighted by Crippen LogP contribution is -2.09. The Morgan fingerprint density at radius 2 is 2.11 bits per heavy atom. The van der Waals surface area contributed by atoms with E-state index in [0.29, 0.717) is 12.2 Å². The summed E-state index contributed by atoms with van der Waals surface area (Å²) in [7, 11) is 0. The van der Waals surface area contributed by atoms with Crippen LogP contribution in [0.4, 0.5) is 5.00 Å². The Balaban J connectivity index is 2.52. The number of carbonyl (C=O) groups is 1. The molecule has 0 radical (unpaired) electrons. The molecule has 1 heterocycles. The number of nitrogens with zero attached hydrogens (tertiary/aromatic N) is 1. The largest absolute Gasteiger partial charge is 0.462 e. The molecule has 18 heavy (non-hydrogen) atoms. The number of anilines is 1. The molecule has 1 N–H and O–H groups in total. The van der Waals surface area contributed by atoms with Crippen molar-refractivity contribution in [2.75, 3.05) is 18.5 Å². The number of hydrogen-bond donors (Lipinski definition) is 1. The van der Waals surface area contributed by atoms with Gasteiger partial charge in [0.25, 0.3) is 0 Å². The molecule has 0 aliphatic carbocycles. The number of ether oxygens (including phenoxy) is 1. The van der Waals surface area contributed by atoms with Crippen molar-refractivity contribution in [3.8, 4) is 0 Å². The number of aryl methyl sites for hydroxylation is 1. The van der Waals surface area contributed by atoms with Gasteiger partial charge in [0.1, 0.15) is 10.6 Å². The van der Waals surface area contributed by atoms with E-state index in [1.54, 1.807) is 0 Å². The second-order valence-electron chi connectivity index (χ2n) is 4.18. The topological polar surface area (TPSA) is 51.2 Å². The average molecular weight is 270 g/mol. The third kappa shape index (κ3) is 4.29. The number of hydrogen-bond acceptors (Lipinski definition) is 5. The van der Waals surface area contributed by atoms with E-state index in [4.69, 9.17) is 4.74 Å². The first kappa shape index (κ1) is 15.0. The molecule has 0 saturated heterocycles. The molecule has 0 amide bonds. The molecule has 0 fully saturated rings. The Bertz CT molecular complexity index is 377. The first-order chi connectivity index (χ1) is 8.70. The van der Waals surface area contributed by atoms with Crippen molar-refractivity contribution in [2.45, 2.75) is 46.5 Å². The van der Waals surface area contributed by atoms with Gasteiger partial charge in [-0.1, -0.05) is 26.2 Å². The molecule has 4 nitrogen and oxygen atoms in total. The van der Waals surface area contributed by atoms with Crippen molar-refractivity contribution in [3.05, 3.63) is 11.3 Å². The Morgan fingerprint density at radius 3 is 2.78 bits per heavy atom. The van der Waals surface area contributed by atoms with Gasteiger partial charge >= 0.3 is 5.97 Å². The highest BCUT2D eigenvalue weighted by Gasteiger charge is 2.18. The van der Waals surface area contributed by atoms with Crippen LogP contribution in [0, 0.1) is 6.92 Å². The van der Waals surface area contributed by atoms with Gasteiger partial charge in [-0.25, -0.2) is 4.79 Å². The van der Waals surface area contributed by atoms with Crippen molar-refractivity contribution in [3.63, 3.8) is 0 Å². The van der Waals surface area contributed by atoms with Gasteiger partial charge in [-0.2, -0.15) is 4.37 Å². The normalized spacial score (nSPS) is 10.4. The third-order valence-electron chi connectivity index (χ3n) is 2.66. The molecular formula is C13H22N2O2S. The summed E-state index contributed by atoms with van der Waals surface area (Å²) in [6.07, 6.45) is 4.82. The SMILES string of the molecule is CCCCCCNc1snc(C)c1C(=O)OCC. The molecule has 0 saturated carbocycles. The second-order valence-corrected chi connectivity index (χ2v) is 4.95. The van der Waals surface area contributed by atoms with Gasteiger partial charge in [-0.3, -0.25) is 0 Å². The van der Waals surface area contributed by atoms with Crippen LogP contribution >= 0.6 is 11.5 Å². The Morgan fingerprint density at radius 1 is 1.33 bits per heavy atom. The predicted molar refractivity (Wildman–Crippen MR) is 75.4 cm³/mol. The Labute approximate surface area is 113 Å². The average Bonchev–Trinajstić information content (AvgIpc) is 2.71. The van der Waals surface area contributed by atoms with Crippen LogP contribution in [0.1, 0.15) is 55.6 Å². The summed E-state index contributed by atoms with van der Waals surface area (Å²) >= 11 is 1.33. The maximum Gasteiger partial charge on any atom is 0.343 e. The van der Waals surface area contributed by atoms with E-state index in [-0.39, 0.29) is 5.97 Å². The predicted octanol–water partition coefficient (Wildman–Crippen LogP) is 3.62. The molecule has 0 unspecified atom stereocenters. The molecule has 1 aromatic rings. The minimum atomic E-state index is -0.278. The lowest BCUT2D eigenvalue weighted by Gasteiger charge is -2.06. The highest BCUT2D eigenvalue weighted by atomic mass is 32.1. The van der Waals surface area contributed by atoms with E-state index in [1.165, 1.54) is 30.8 Å². The van der Waals surface area contributed by atoms with Gasteiger partial charge in [0.2, 0.25) is 0 Å². The summed E-state index contributed by atoms with van der Waals surface area (Å²) in [5.41, 5.74) is 1.34. The van der Waals surface area contributed by atoms with Crippen molar-refractivity contribution in [1.29, 1.82) is 0 Å². The third-order valence-corrected chi connectivity index (χ3v) is 3.55. The fourth-order valence-electron chi connectivity index (χ4n) is 1.69. The zero-order valence-electron chi connectivity index (χ0n) is 11.4. The van der Waals surface area contributed by atoms with Crippen LogP contribution in [-0.2, 0) is 4.74 Å². The molecule has 0 aromatic carbocycles. The van der Waals surface area contributed by atoms with Gasteiger partial charge in [-0.05, 0) is 31.8 Å². The number of carbonyl (C=O) groups excluding carboxylic acids is 1. The number of rotatable bonds is 8. The fourth-order valence-corrected chi connectivity index (χ4v) is 2.50. The summed E-state index contributed by atoms with van der Waals surface area (Å²) in [5.74, 6) is -0.278. The van der Waals surface area contributed by atoms with Crippen LogP contribution in [-0.4, -0.2) is 23.5 Å². The summed E-state index contributed by atoms with van der Waals surface area (Å²) in [6, 6.07) is 0. The molecule has 0 spiro atoms. The fraction of sp³-hybridized carbons (Fsp3) is 0.692. The number of nitrogens with one attached hydrogen (secondary N) is 1. The standard InChI is InChI=1S/C13H22N2O2S/c1-4-6-7-8-9-14-12-11(10(3)15-18-12)13(16)17-5-2/h14H,4-9H2,1-3H3. The van der Waals surface area contributed by atoms with E-state index in [9.17, 15) is 4.79 Å². The maximum atomic E-state index is 11.8. The molecule has 5 heteroatoms. The summed E-state index contributed by atoms with van der Waals surface area (Å²) in [6.45, 7) is 7.12. The van der Waals surface area contributed by atoms with Gasteiger partial charge in [0.05, 0.1) is 12.3 Å². The van der Waals surface area contributed by atoms with Gasteiger partial charge in [-0.15, -0.1) is 0 Å². The monoisotopic (exact) mass is 270 g/mol. The number of unbranched alkanes of at least 4 members (excludes halogenated alkanes) is 3. The quantitative estimate of drug-likeness (QED) is 0.579. The van der Waals surface area contributed by atoms with Crippen molar-refractivity contribution >= 4 is 22.5 Å². The summed E-state index contributed by atoms with van der Waals surface area (Å²) < 4.78 is 9.25. The first-order valence-corrected chi connectivity index (χ1v) is 7.35. The molecule has 1 aromatic heterocycles. The molecule has 1 rings (SSSR count). The Kier molecular flexibility index (Phi) is 6.72. The molecule has 0 aliphatic heterocycles. The van der Waals surface area contributed by atoms with Crippen LogP contribution in [0.5, 0.6) is 0 Å². The van der Waals surface area contributed by atoms with Gasteiger partial charge in [0, 0.05) is 6.54 Å². The molecule has 0 aliphatic rings. The van der Waals surface area contributed by atoms with E-state index in [0.717, 1.165) is 23.7 Å². The first-order valence-electron chi connectivity index (χ1n) is 6.57. The zero-order valence-corrected chi connectivity index (χ0v) is 12.2. The van der Waals surface area contributed by atoms with E-state index in [2.05, 4.69) is 16.6 Å². The van der Waals surface area contributed by atoms with Crippen LogP contribution in [0.15, 0.2) is 0 Å². The molecule has 0 bridgehead atoms. The molecule has 0 atom stereocenters. The van der Waals surface area contributed by atoms with Gasteiger partial charge in [0.15, 0.2) is 0 Å². The van der Waals surface area contributed by atoms with Crippen molar-refractivity contribution in [1.82, 2.24) is 4.37 Å². The van der Waals surface area contributed by atoms with Crippen molar-refractivity contribution in [2.24, 2.45) is 0 Å². The molecule has 102 valence electrons. The number of esters is 1. The minimum Gasteiger partial charge on any atom is -0.462 e. The smallest absolute Gasteiger partial charge is 0.343 e. The highest BCUT2D eigenvalue weighted by Crippen LogP contribution is 2.25. The van der Waals surface area contributed by atoms with Crippen LogP contribution in [0.3, 0.4) is 0 Å². The summed E-state index contributed by atoms with van der Waals surface area (Å²) in [4.78, 5) is 11.8. The van der Waals surface area contributed by atoms with E-state index < -0.39 is 0 Å². The highest BCUT2D eigenvalue weighted by molar-refractivity contribution is 7.10. The lowest BCUT2D eigenvalue weighted by atomic mass is 10.2. The van der Waals surface area contributed by atoms with Gasteiger partial charge < -0.3 is 10.1 Å². The van der Waals surface area contributed by atoms with E-state index in [1.807, 2.05) is 13.8 Å². The van der Waals surface area contributed by atoms with Crippen LogP contribution < -0.4 is 5.32 Å². The lowest BCUT2D eigenvalue weighted by molar-refractivity contribution is 0.0527. The minimum absolute atomic E-state index is 0.278. The second kappa shape index (κ2) is 8.08. The maximum absolute atomic E-state index is 11.8. The van der Waals surface area contributed by atoms with Crippen molar-refractivity contribution < 1.29 is 9.53 Å². The van der Waals surface area contributed by atoms with E-state index >= 15 is 0 Å². The summed E-state index contributed by atoms with van der Waals surface area (Å²) in [5, 5.41) is 4.12. The molecular weight excluding hydrogens is 248 g/mol. The Hall–Kier alpha value is -1.10. The van der Waals surface area contributed by atoms with Crippen LogP contribution in [0.2, 0.25) is 0 Å². The van der Waals surface area contributed by atoms with Crippen LogP contribution in [0.25, 0.3) is 0 Å². The number of aromatic nitrogens is 1. The zero-order chi connectivity index (χ0) is 13.4.